The molecule has 108 valence electrons. The lowest BCUT2D eigenvalue weighted by Crippen LogP contribution is -2.44. The average molecular weight is 266 g/mol. The number of hydrogen-bond acceptors (Lipinski definition) is 2. The van der Waals surface area contributed by atoms with Crippen LogP contribution in [-0.4, -0.2) is 42.8 Å². The second kappa shape index (κ2) is 6.75. The molecule has 1 aliphatic rings. The molecule has 0 aliphatic heterocycles. The van der Waals surface area contributed by atoms with Crippen molar-refractivity contribution in [1.29, 1.82) is 0 Å². The summed E-state index contributed by atoms with van der Waals surface area (Å²) in [5.41, 5.74) is 0. The first-order valence-corrected chi connectivity index (χ1v) is 6.83. The number of alkyl halides is 3. The van der Waals surface area contributed by atoms with Crippen molar-refractivity contribution in [3.05, 3.63) is 0 Å². The Balaban J connectivity index is 2.28. The van der Waals surface area contributed by atoms with E-state index in [9.17, 15) is 13.2 Å². The molecule has 0 bridgehead atoms. The van der Waals surface area contributed by atoms with E-state index < -0.39 is 12.7 Å². The third kappa shape index (κ3) is 6.59. The molecule has 1 rings (SSSR count). The van der Waals surface area contributed by atoms with Crippen LogP contribution in [0.3, 0.4) is 0 Å². The first kappa shape index (κ1) is 15.8. The lowest BCUT2D eigenvalue weighted by Gasteiger charge is -2.30. The number of rotatable bonds is 8. The molecule has 0 spiro atoms. The molecule has 0 amide bonds. The summed E-state index contributed by atoms with van der Waals surface area (Å²) in [6, 6.07) is 0.782. The van der Waals surface area contributed by atoms with Crippen LogP contribution in [0, 0.1) is 5.92 Å². The fourth-order valence-corrected chi connectivity index (χ4v) is 2.12. The van der Waals surface area contributed by atoms with Crippen molar-refractivity contribution in [3.8, 4) is 0 Å². The van der Waals surface area contributed by atoms with Crippen molar-refractivity contribution in [2.24, 2.45) is 5.92 Å². The molecule has 1 unspecified atom stereocenters. The Hall–Kier alpha value is -0.290. The molecular formula is C13H25F3N2. The monoisotopic (exact) mass is 266 g/mol. The minimum atomic E-state index is -4.11. The van der Waals surface area contributed by atoms with Gasteiger partial charge >= 0.3 is 6.18 Å². The maximum atomic E-state index is 12.1. The van der Waals surface area contributed by atoms with Gasteiger partial charge in [0, 0.05) is 18.6 Å². The molecule has 1 N–H and O–H groups in total. The normalized spacial score (nSPS) is 18.7. The van der Waals surface area contributed by atoms with Gasteiger partial charge in [0.15, 0.2) is 0 Å². The van der Waals surface area contributed by atoms with Crippen molar-refractivity contribution in [1.82, 2.24) is 10.2 Å². The molecule has 1 aliphatic carbocycles. The number of nitrogens with zero attached hydrogens (tertiary/aromatic N) is 1. The van der Waals surface area contributed by atoms with E-state index >= 15 is 0 Å². The van der Waals surface area contributed by atoms with Gasteiger partial charge in [0.25, 0.3) is 0 Å². The standard InChI is InChI=1S/C13H25F3N2/c1-10(2)6-7-18(12-4-5-12)11(3)8-17-9-13(14,15)16/h10-12,17H,4-9H2,1-3H3. The Morgan fingerprint density at radius 2 is 1.83 bits per heavy atom. The molecule has 0 heterocycles. The minimum absolute atomic E-state index is 0.179. The maximum Gasteiger partial charge on any atom is 0.401 e. The Bertz CT molecular complexity index is 237. The maximum absolute atomic E-state index is 12.1. The molecule has 1 atom stereocenters. The summed E-state index contributed by atoms with van der Waals surface area (Å²) in [5.74, 6) is 0.640. The highest BCUT2D eigenvalue weighted by Gasteiger charge is 2.32. The zero-order chi connectivity index (χ0) is 13.8. The van der Waals surface area contributed by atoms with Crippen LogP contribution in [0.1, 0.15) is 40.0 Å². The Kier molecular flexibility index (Phi) is 5.92. The van der Waals surface area contributed by atoms with Crippen molar-refractivity contribution in [2.75, 3.05) is 19.6 Å². The van der Waals surface area contributed by atoms with Gasteiger partial charge in [-0.2, -0.15) is 13.2 Å². The van der Waals surface area contributed by atoms with Crippen molar-refractivity contribution < 1.29 is 13.2 Å². The first-order chi connectivity index (χ1) is 8.29. The van der Waals surface area contributed by atoms with Crippen molar-refractivity contribution >= 4 is 0 Å². The lowest BCUT2D eigenvalue weighted by molar-refractivity contribution is -0.125. The summed E-state index contributed by atoms with van der Waals surface area (Å²) in [7, 11) is 0. The van der Waals surface area contributed by atoms with Gasteiger partial charge in [-0.25, -0.2) is 0 Å². The minimum Gasteiger partial charge on any atom is -0.307 e. The Morgan fingerprint density at radius 3 is 2.28 bits per heavy atom. The second-order valence-corrected chi connectivity index (χ2v) is 5.75. The van der Waals surface area contributed by atoms with Crippen molar-refractivity contribution in [2.45, 2.75) is 58.3 Å². The molecule has 0 aromatic heterocycles. The zero-order valence-electron chi connectivity index (χ0n) is 11.6. The summed E-state index contributed by atoms with van der Waals surface area (Å²) in [5, 5.41) is 2.51. The van der Waals surface area contributed by atoms with E-state index in [1.165, 1.54) is 12.8 Å². The number of nitrogens with one attached hydrogen (secondary N) is 1. The van der Waals surface area contributed by atoms with E-state index in [0.717, 1.165) is 13.0 Å². The van der Waals surface area contributed by atoms with Crippen molar-refractivity contribution in [3.63, 3.8) is 0 Å². The topological polar surface area (TPSA) is 15.3 Å². The third-order valence-electron chi connectivity index (χ3n) is 3.31. The molecule has 1 saturated carbocycles. The summed E-state index contributed by atoms with van der Waals surface area (Å²) >= 11 is 0. The van der Waals surface area contributed by atoms with Crippen LogP contribution in [0.15, 0.2) is 0 Å². The molecule has 0 radical (unpaired) electrons. The van der Waals surface area contributed by atoms with Gasteiger partial charge in [-0.05, 0) is 38.6 Å². The van der Waals surface area contributed by atoms with Gasteiger partial charge in [0.05, 0.1) is 6.54 Å². The summed E-state index contributed by atoms with van der Waals surface area (Å²) in [4.78, 5) is 2.36. The number of halogens is 3. The average Bonchev–Trinajstić information content (AvgIpc) is 2.99. The van der Waals surface area contributed by atoms with E-state index in [4.69, 9.17) is 0 Å². The highest BCUT2D eigenvalue weighted by atomic mass is 19.4. The van der Waals surface area contributed by atoms with Crippen LogP contribution >= 0.6 is 0 Å². The molecule has 0 aromatic rings. The SMILES string of the molecule is CC(C)CCN(C(C)CNCC(F)(F)F)C1CC1. The summed E-state index contributed by atoms with van der Waals surface area (Å²) in [6.07, 6.45) is -0.606. The van der Waals surface area contributed by atoms with Crippen LogP contribution in [0.5, 0.6) is 0 Å². The predicted octanol–water partition coefficient (Wildman–Crippen LogP) is 3.04. The van der Waals surface area contributed by atoms with Crippen LogP contribution in [0.2, 0.25) is 0 Å². The van der Waals surface area contributed by atoms with E-state index in [2.05, 4.69) is 24.1 Å². The zero-order valence-corrected chi connectivity index (χ0v) is 11.6. The molecule has 1 fully saturated rings. The highest BCUT2D eigenvalue weighted by molar-refractivity contribution is 4.88. The van der Waals surface area contributed by atoms with E-state index in [1.807, 2.05) is 6.92 Å². The van der Waals surface area contributed by atoms with Gasteiger partial charge < -0.3 is 5.32 Å². The molecule has 0 saturated heterocycles. The van der Waals surface area contributed by atoms with Crippen LogP contribution in [0.4, 0.5) is 13.2 Å². The Labute approximate surface area is 108 Å². The molecule has 0 aromatic carbocycles. The molecule has 18 heavy (non-hydrogen) atoms. The molecular weight excluding hydrogens is 241 g/mol. The summed E-state index contributed by atoms with van der Waals surface area (Å²) < 4.78 is 36.2. The van der Waals surface area contributed by atoms with Gasteiger partial charge in [-0.1, -0.05) is 13.8 Å². The van der Waals surface area contributed by atoms with E-state index in [-0.39, 0.29) is 6.04 Å². The highest BCUT2D eigenvalue weighted by Crippen LogP contribution is 2.29. The van der Waals surface area contributed by atoms with Crippen LogP contribution < -0.4 is 5.32 Å². The van der Waals surface area contributed by atoms with Gasteiger partial charge in [0.1, 0.15) is 0 Å². The Morgan fingerprint density at radius 1 is 1.22 bits per heavy atom. The largest absolute Gasteiger partial charge is 0.401 e. The molecule has 5 heteroatoms. The van der Waals surface area contributed by atoms with E-state index in [0.29, 0.717) is 18.5 Å². The lowest BCUT2D eigenvalue weighted by atomic mass is 10.1. The second-order valence-electron chi connectivity index (χ2n) is 5.75. The van der Waals surface area contributed by atoms with Gasteiger partial charge in [0.2, 0.25) is 0 Å². The fraction of sp³-hybridized carbons (Fsp3) is 1.00. The van der Waals surface area contributed by atoms with Gasteiger partial charge in [-0.3, -0.25) is 4.90 Å². The molecule has 2 nitrogen and oxygen atoms in total. The predicted molar refractivity (Wildman–Crippen MR) is 67.6 cm³/mol. The van der Waals surface area contributed by atoms with E-state index in [1.54, 1.807) is 0 Å². The number of hydrogen-bond donors (Lipinski definition) is 1. The fourth-order valence-electron chi connectivity index (χ4n) is 2.12. The van der Waals surface area contributed by atoms with Gasteiger partial charge in [-0.15, -0.1) is 0 Å². The third-order valence-corrected chi connectivity index (χ3v) is 3.31. The van der Waals surface area contributed by atoms with Crippen LogP contribution in [-0.2, 0) is 0 Å². The first-order valence-electron chi connectivity index (χ1n) is 6.83. The summed E-state index contributed by atoms with van der Waals surface area (Å²) in [6.45, 7) is 6.89. The quantitative estimate of drug-likeness (QED) is 0.726. The van der Waals surface area contributed by atoms with Crippen LogP contribution in [0.25, 0.3) is 0 Å². The smallest absolute Gasteiger partial charge is 0.307 e.